The van der Waals surface area contributed by atoms with Crippen molar-refractivity contribution in [2.75, 3.05) is 11.9 Å². The fourth-order valence-corrected chi connectivity index (χ4v) is 2.74. The van der Waals surface area contributed by atoms with E-state index in [0.29, 0.717) is 5.96 Å². The van der Waals surface area contributed by atoms with Gasteiger partial charge in [0.15, 0.2) is 0 Å². The molecule has 0 aromatic heterocycles. The summed E-state index contributed by atoms with van der Waals surface area (Å²) in [5.74, 6) is 0.502. The second-order valence-electron chi connectivity index (χ2n) is 5.51. The number of aliphatic imine (C=N–C) groups is 1. The minimum Gasteiger partial charge on any atom is -0.369 e. The number of hydrogen-bond acceptors (Lipinski definition) is 1. The Bertz CT molecular complexity index is 744. The van der Waals surface area contributed by atoms with Gasteiger partial charge in [-0.05, 0) is 42.2 Å². The van der Waals surface area contributed by atoms with Gasteiger partial charge in [-0.3, -0.25) is 0 Å². The molecule has 0 radical (unpaired) electrons. The average Bonchev–Trinajstić information content (AvgIpc) is 3.02. The van der Waals surface area contributed by atoms with Crippen molar-refractivity contribution in [2.24, 2.45) is 10.7 Å². The van der Waals surface area contributed by atoms with Gasteiger partial charge in [0.2, 0.25) is 5.96 Å². The number of fused-ring (bicyclic) bond motifs is 1. The number of aryl methyl sites for hydroxylation is 1. The molecule has 3 rings (SSSR count). The third-order valence-corrected chi connectivity index (χ3v) is 4.06. The standard InChI is InChI=1S/C19H21N3/c1-3-14-7-4-10-16(13-14)21-19(20)22(2)18-12-6-9-15-8-5-11-17(15)18/h4-7,9-13H,3,8H2,1-2H3,(H2,20,21). The molecule has 1 aliphatic carbocycles. The van der Waals surface area contributed by atoms with Crippen LogP contribution in [0.1, 0.15) is 23.6 Å². The maximum atomic E-state index is 6.22. The van der Waals surface area contributed by atoms with Crippen LogP contribution in [-0.2, 0) is 12.8 Å². The summed E-state index contributed by atoms with van der Waals surface area (Å²) in [7, 11) is 1.96. The van der Waals surface area contributed by atoms with Crippen LogP contribution < -0.4 is 10.6 Å². The first-order valence-corrected chi connectivity index (χ1v) is 7.64. The largest absolute Gasteiger partial charge is 0.369 e. The zero-order chi connectivity index (χ0) is 15.5. The molecule has 22 heavy (non-hydrogen) atoms. The fraction of sp³-hybridized carbons (Fsp3) is 0.211. The fourth-order valence-electron chi connectivity index (χ4n) is 2.74. The molecule has 0 spiro atoms. The van der Waals surface area contributed by atoms with Crippen molar-refractivity contribution in [1.29, 1.82) is 0 Å². The summed E-state index contributed by atoms with van der Waals surface area (Å²) in [5, 5.41) is 0. The second kappa shape index (κ2) is 6.06. The summed E-state index contributed by atoms with van der Waals surface area (Å²) in [5.41, 5.74) is 12.1. The number of benzene rings is 2. The van der Waals surface area contributed by atoms with Gasteiger partial charge in [-0.2, -0.15) is 0 Å². The van der Waals surface area contributed by atoms with Gasteiger partial charge in [-0.15, -0.1) is 0 Å². The van der Waals surface area contributed by atoms with Crippen LogP contribution in [-0.4, -0.2) is 13.0 Å². The van der Waals surface area contributed by atoms with E-state index in [4.69, 9.17) is 5.73 Å². The van der Waals surface area contributed by atoms with E-state index in [1.54, 1.807) is 0 Å². The van der Waals surface area contributed by atoms with Crippen LogP contribution in [0.4, 0.5) is 11.4 Å². The van der Waals surface area contributed by atoms with E-state index in [1.807, 2.05) is 24.1 Å². The van der Waals surface area contributed by atoms with E-state index in [2.05, 4.69) is 54.4 Å². The van der Waals surface area contributed by atoms with Crippen molar-refractivity contribution in [1.82, 2.24) is 0 Å². The third kappa shape index (κ3) is 2.75. The van der Waals surface area contributed by atoms with E-state index in [1.165, 1.54) is 16.7 Å². The van der Waals surface area contributed by atoms with Crippen molar-refractivity contribution in [3.05, 3.63) is 65.2 Å². The highest BCUT2D eigenvalue weighted by Crippen LogP contribution is 2.29. The molecule has 0 aliphatic heterocycles. The zero-order valence-corrected chi connectivity index (χ0v) is 13.1. The van der Waals surface area contributed by atoms with Gasteiger partial charge in [0.1, 0.15) is 0 Å². The van der Waals surface area contributed by atoms with Crippen LogP contribution >= 0.6 is 0 Å². The van der Waals surface area contributed by atoms with Crippen molar-refractivity contribution in [2.45, 2.75) is 19.8 Å². The van der Waals surface area contributed by atoms with Gasteiger partial charge < -0.3 is 10.6 Å². The molecule has 112 valence electrons. The van der Waals surface area contributed by atoms with E-state index in [9.17, 15) is 0 Å². The number of guanidine groups is 1. The molecule has 1 aliphatic rings. The van der Waals surface area contributed by atoms with Gasteiger partial charge in [0.05, 0.1) is 11.4 Å². The lowest BCUT2D eigenvalue weighted by molar-refractivity contribution is 1.14. The predicted molar refractivity (Wildman–Crippen MR) is 94.7 cm³/mol. The first-order valence-electron chi connectivity index (χ1n) is 7.64. The highest BCUT2D eigenvalue weighted by atomic mass is 15.2. The summed E-state index contributed by atoms with van der Waals surface area (Å²) in [6.45, 7) is 2.14. The first kappa shape index (κ1) is 14.4. The molecule has 2 N–H and O–H groups in total. The molecule has 0 heterocycles. The van der Waals surface area contributed by atoms with E-state index in [-0.39, 0.29) is 0 Å². The summed E-state index contributed by atoms with van der Waals surface area (Å²) in [6.07, 6.45) is 6.33. The Morgan fingerprint density at radius 2 is 2.05 bits per heavy atom. The molecule has 0 amide bonds. The molecular formula is C19H21N3. The molecule has 2 aromatic rings. The van der Waals surface area contributed by atoms with E-state index < -0.39 is 0 Å². The number of nitrogens with zero attached hydrogens (tertiary/aromatic N) is 2. The number of rotatable bonds is 3. The van der Waals surface area contributed by atoms with Crippen LogP contribution in [0.25, 0.3) is 6.08 Å². The monoisotopic (exact) mass is 291 g/mol. The Balaban J connectivity index is 1.91. The number of nitrogens with two attached hydrogens (primary N) is 1. The minimum atomic E-state index is 0.502. The Morgan fingerprint density at radius 3 is 2.86 bits per heavy atom. The average molecular weight is 291 g/mol. The smallest absolute Gasteiger partial charge is 0.200 e. The highest BCUT2D eigenvalue weighted by Gasteiger charge is 2.14. The summed E-state index contributed by atoms with van der Waals surface area (Å²) in [6, 6.07) is 14.5. The molecule has 0 atom stereocenters. The van der Waals surface area contributed by atoms with E-state index >= 15 is 0 Å². The Morgan fingerprint density at radius 1 is 1.23 bits per heavy atom. The Hall–Kier alpha value is -2.55. The van der Waals surface area contributed by atoms with Crippen LogP contribution in [0.15, 0.2) is 53.5 Å². The molecule has 0 fully saturated rings. The van der Waals surface area contributed by atoms with Gasteiger partial charge in [-0.25, -0.2) is 4.99 Å². The number of hydrogen-bond donors (Lipinski definition) is 1. The summed E-state index contributed by atoms with van der Waals surface area (Å²) >= 11 is 0. The molecule has 0 saturated carbocycles. The van der Waals surface area contributed by atoms with Crippen molar-refractivity contribution in [3.63, 3.8) is 0 Å². The Kier molecular flexibility index (Phi) is 3.96. The quantitative estimate of drug-likeness (QED) is 0.688. The van der Waals surface area contributed by atoms with Crippen LogP contribution in [0, 0.1) is 0 Å². The number of allylic oxidation sites excluding steroid dienone is 1. The molecule has 0 saturated heterocycles. The van der Waals surface area contributed by atoms with Crippen molar-refractivity contribution in [3.8, 4) is 0 Å². The van der Waals surface area contributed by atoms with Crippen molar-refractivity contribution < 1.29 is 0 Å². The van der Waals surface area contributed by atoms with Crippen molar-refractivity contribution >= 4 is 23.4 Å². The molecule has 0 unspecified atom stereocenters. The first-order chi connectivity index (χ1) is 10.7. The molecule has 2 aromatic carbocycles. The maximum Gasteiger partial charge on any atom is 0.200 e. The molecule has 0 bridgehead atoms. The lowest BCUT2D eigenvalue weighted by Gasteiger charge is -2.21. The normalized spacial score (nSPS) is 13.3. The second-order valence-corrected chi connectivity index (χ2v) is 5.51. The van der Waals surface area contributed by atoms with E-state index in [0.717, 1.165) is 24.2 Å². The van der Waals surface area contributed by atoms with Crippen LogP contribution in [0.3, 0.4) is 0 Å². The molecular weight excluding hydrogens is 270 g/mol. The molecule has 3 heteroatoms. The van der Waals surface area contributed by atoms with Gasteiger partial charge in [0, 0.05) is 12.6 Å². The minimum absolute atomic E-state index is 0.502. The predicted octanol–water partition coefficient (Wildman–Crippen LogP) is 3.90. The lowest BCUT2D eigenvalue weighted by atomic mass is 10.1. The summed E-state index contributed by atoms with van der Waals surface area (Å²) < 4.78 is 0. The highest BCUT2D eigenvalue weighted by molar-refractivity contribution is 5.98. The van der Waals surface area contributed by atoms with Gasteiger partial charge in [0.25, 0.3) is 0 Å². The maximum absolute atomic E-state index is 6.22. The topological polar surface area (TPSA) is 41.6 Å². The van der Waals surface area contributed by atoms with Crippen LogP contribution in [0.2, 0.25) is 0 Å². The van der Waals surface area contributed by atoms with Crippen LogP contribution in [0.5, 0.6) is 0 Å². The third-order valence-electron chi connectivity index (χ3n) is 4.06. The van der Waals surface area contributed by atoms with Gasteiger partial charge >= 0.3 is 0 Å². The van der Waals surface area contributed by atoms with Gasteiger partial charge in [-0.1, -0.05) is 43.3 Å². The zero-order valence-electron chi connectivity index (χ0n) is 13.1. The molecule has 3 nitrogen and oxygen atoms in total. The lowest BCUT2D eigenvalue weighted by Crippen LogP contribution is -2.34. The summed E-state index contributed by atoms with van der Waals surface area (Å²) in [4.78, 5) is 6.52. The number of anilines is 1. The Labute approximate surface area is 131 Å². The SMILES string of the molecule is CCc1cccc(N=C(N)N(C)c2cccc3c2C=CC3)c1.